The van der Waals surface area contributed by atoms with Crippen LogP contribution in [0.2, 0.25) is 0 Å². The van der Waals surface area contributed by atoms with E-state index in [1.165, 1.54) is 6.33 Å². The number of aromatic nitrogens is 4. The molecule has 0 saturated carbocycles. The molecule has 0 fully saturated rings. The monoisotopic (exact) mass is 551 g/mol. The van der Waals surface area contributed by atoms with Crippen molar-refractivity contribution in [2.75, 3.05) is 13.1 Å². The Balaban J connectivity index is 0.00000320. The molecular weight excluding hydrogens is 530 g/mol. The van der Waals surface area contributed by atoms with Gasteiger partial charge in [0.1, 0.15) is 6.33 Å². The first-order valence-electron chi connectivity index (χ1n) is 8.94. The zero-order valence-corrected chi connectivity index (χ0v) is 19.2. The molecule has 12 heteroatoms. The highest BCUT2D eigenvalue weighted by molar-refractivity contribution is 14.0. The lowest BCUT2D eigenvalue weighted by molar-refractivity contribution is -0.140. The molecule has 0 aliphatic carbocycles. The first-order chi connectivity index (χ1) is 14.0. The summed E-state index contributed by atoms with van der Waals surface area (Å²) in [7, 11) is 0. The number of thiazole rings is 1. The average molecular weight is 551 g/mol. The third kappa shape index (κ3) is 6.93. The molecule has 1 aromatic carbocycles. The van der Waals surface area contributed by atoms with Crippen molar-refractivity contribution in [2.24, 2.45) is 4.99 Å². The third-order valence-electron chi connectivity index (χ3n) is 3.85. The van der Waals surface area contributed by atoms with Gasteiger partial charge >= 0.3 is 6.18 Å². The summed E-state index contributed by atoms with van der Waals surface area (Å²) < 4.78 is 37.9. The van der Waals surface area contributed by atoms with Crippen LogP contribution in [0.5, 0.6) is 0 Å². The molecule has 0 saturated heterocycles. The van der Waals surface area contributed by atoms with Gasteiger partial charge in [-0.25, -0.2) is 15.0 Å². The Labute approximate surface area is 192 Å². The van der Waals surface area contributed by atoms with Crippen LogP contribution in [-0.4, -0.2) is 39.2 Å². The summed E-state index contributed by atoms with van der Waals surface area (Å²) in [6, 6.07) is 7.78. The Bertz CT molecular complexity index is 941. The number of alkyl halides is 3. The molecule has 3 aromatic rings. The molecule has 0 bridgehead atoms. The van der Waals surface area contributed by atoms with E-state index in [1.807, 2.05) is 31.2 Å². The summed E-state index contributed by atoms with van der Waals surface area (Å²) in [6.07, 6.45) is -2.57. The van der Waals surface area contributed by atoms with Gasteiger partial charge in [0, 0.05) is 30.5 Å². The highest BCUT2D eigenvalue weighted by atomic mass is 127. The summed E-state index contributed by atoms with van der Waals surface area (Å²) in [5.74, 6) is 1.27. The molecule has 3 rings (SSSR count). The topological polar surface area (TPSA) is 90.9 Å². The number of hydrogen-bond acceptors (Lipinski definition) is 5. The van der Waals surface area contributed by atoms with Crippen molar-refractivity contribution in [3.8, 4) is 11.4 Å². The lowest BCUT2D eigenvalue weighted by Gasteiger charge is -2.11. The maximum absolute atomic E-state index is 12.6. The Morgan fingerprint density at radius 2 is 2.10 bits per heavy atom. The fourth-order valence-corrected chi connectivity index (χ4v) is 3.32. The molecule has 2 aromatic heterocycles. The predicted molar refractivity (Wildman–Crippen MR) is 121 cm³/mol. The van der Waals surface area contributed by atoms with E-state index in [2.05, 4.69) is 35.8 Å². The van der Waals surface area contributed by atoms with Crippen LogP contribution >= 0.6 is 35.3 Å². The minimum atomic E-state index is -4.40. The molecule has 0 amide bonds. The van der Waals surface area contributed by atoms with Gasteiger partial charge in [-0.2, -0.15) is 18.3 Å². The number of aliphatic imine (C=N–C) groups is 1. The molecule has 0 aliphatic heterocycles. The molecule has 0 radical (unpaired) electrons. The van der Waals surface area contributed by atoms with Gasteiger partial charge in [-0.3, -0.25) is 5.10 Å². The van der Waals surface area contributed by atoms with Crippen LogP contribution in [-0.2, 0) is 19.1 Å². The maximum Gasteiger partial charge on any atom is 0.434 e. The van der Waals surface area contributed by atoms with E-state index < -0.39 is 11.9 Å². The number of hydrogen-bond donors (Lipinski definition) is 3. The van der Waals surface area contributed by atoms with Gasteiger partial charge in [-0.05, 0) is 18.6 Å². The van der Waals surface area contributed by atoms with Crippen molar-refractivity contribution in [2.45, 2.75) is 26.1 Å². The van der Waals surface area contributed by atoms with Gasteiger partial charge < -0.3 is 10.6 Å². The van der Waals surface area contributed by atoms with Crippen molar-refractivity contribution in [3.05, 3.63) is 52.2 Å². The van der Waals surface area contributed by atoms with Crippen molar-refractivity contribution in [3.63, 3.8) is 0 Å². The van der Waals surface area contributed by atoms with E-state index in [-0.39, 0.29) is 24.0 Å². The van der Waals surface area contributed by atoms with Crippen molar-refractivity contribution in [1.82, 2.24) is 30.8 Å². The predicted octanol–water partition coefficient (Wildman–Crippen LogP) is 3.86. The van der Waals surface area contributed by atoms with Crippen LogP contribution in [0, 0.1) is 0 Å². The van der Waals surface area contributed by atoms with Crippen LogP contribution in [0.15, 0.2) is 41.0 Å². The summed E-state index contributed by atoms with van der Waals surface area (Å²) in [6.45, 7) is 3.47. The summed E-state index contributed by atoms with van der Waals surface area (Å²) in [5.41, 5.74) is 1.06. The van der Waals surface area contributed by atoms with Crippen LogP contribution in [0.25, 0.3) is 11.4 Å². The Hall–Kier alpha value is -2.22. The first-order valence-corrected chi connectivity index (χ1v) is 9.82. The van der Waals surface area contributed by atoms with Gasteiger partial charge in [-0.1, -0.05) is 18.2 Å². The number of aromatic amines is 1. The zero-order chi connectivity index (χ0) is 20.7. The van der Waals surface area contributed by atoms with Gasteiger partial charge in [-0.15, -0.1) is 35.3 Å². The second-order valence-corrected chi connectivity index (χ2v) is 6.97. The highest BCUT2D eigenvalue weighted by Crippen LogP contribution is 2.30. The average Bonchev–Trinajstić information content (AvgIpc) is 3.38. The van der Waals surface area contributed by atoms with E-state index in [0.717, 1.165) is 27.8 Å². The third-order valence-corrected chi connectivity index (χ3v) is 4.76. The molecule has 0 atom stereocenters. The molecule has 162 valence electrons. The van der Waals surface area contributed by atoms with E-state index in [9.17, 15) is 13.2 Å². The van der Waals surface area contributed by atoms with E-state index in [0.29, 0.717) is 42.8 Å². The van der Waals surface area contributed by atoms with Crippen LogP contribution in [0.4, 0.5) is 13.2 Å². The van der Waals surface area contributed by atoms with E-state index >= 15 is 0 Å². The van der Waals surface area contributed by atoms with Gasteiger partial charge in [0.25, 0.3) is 0 Å². The fourth-order valence-electron chi connectivity index (χ4n) is 2.52. The quantitative estimate of drug-likeness (QED) is 0.236. The molecule has 30 heavy (non-hydrogen) atoms. The largest absolute Gasteiger partial charge is 0.434 e. The Kier molecular flexibility index (Phi) is 9.02. The molecule has 0 spiro atoms. The minimum absolute atomic E-state index is 0. The molecule has 2 heterocycles. The van der Waals surface area contributed by atoms with Gasteiger partial charge in [0.15, 0.2) is 17.5 Å². The van der Waals surface area contributed by atoms with Gasteiger partial charge in [0.2, 0.25) is 0 Å². The highest BCUT2D eigenvalue weighted by Gasteiger charge is 2.33. The zero-order valence-electron chi connectivity index (χ0n) is 16.0. The first kappa shape index (κ1) is 24.1. The summed E-state index contributed by atoms with van der Waals surface area (Å²) in [5, 5.41) is 14.4. The number of nitrogens with zero attached hydrogens (tertiary/aromatic N) is 4. The van der Waals surface area contributed by atoms with Crippen LogP contribution < -0.4 is 10.6 Å². The van der Waals surface area contributed by atoms with Crippen molar-refractivity contribution in [1.29, 1.82) is 0 Å². The summed E-state index contributed by atoms with van der Waals surface area (Å²) >= 11 is 1.01. The van der Waals surface area contributed by atoms with E-state index in [4.69, 9.17) is 0 Å². The number of guanidine groups is 1. The van der Waals surface area contributed by atoms with Crippen LogP contribution in [0.1, 0.15) is 23.2 Å². The molecule has 0 unspecified atom stereocenters. The second-order valence-electron chi connectivity index (χ2n) is 6.03. The molecular formula is C18H21F3IN7S. The Morgan fingerprint density at radius 1 is 1.27 bits per heavy atom. The normalized spacial score (nSPS) is 11.8. The smallest absolute Gasteiger partial charge is 0.357 e. The van der Waals surface area contributed by atoms with Crippen molar-refractivity contribution >= 4 is 41.3 Å². The van der Waals surface area contributed by atoms with Gasteiger partial charge in [0.05, 0.1) is 11.6 Å². The second kappa shape index (κ2) is 11.2. The standard InChI is InChI=1S/C18H20F3N7S.HI/c1-2-22-17(23-7-6-15-27-14(10-29-15)18(19,20)21)24-9-12-4-3-5-13(8-12)16-25-11-26-28-16;/h3-5,8,10-11H,2,6-7,9H2,1H3,(H2,22,23,24)(H,25,26,28);1H. The lowest BCUT2D eigenvalue weighted by Crippen LogP contribution is -2.38. The molecule has 0 aliphatic rings. The molecule has 7 nitrogen and oxygen atoms in total. The SMILES string of the molecule is CCNC(=NCc1cccc(-c2ncn[nH]2)c1)NCCc1nc(C(F)(F)F)cs1.I. The number of rotatable bonds is 7. The van der Waals surface area contributed by atoms with Crippen molar-refractivity contribution < 1.29 is 13.2 Å². The fraction of sp³-hybridized carbons (Fsp3) is 0.333. The van der Waals surface area contributed by atoms with Crippen LogP contribution in [0.3, 0.4) is 0 Å². The number of halogens is 4. The lowest BCUT2D eigenvalue weighted by atomic mass is 10.1. The number of benzene rings is 1. The summed E-state index contributed by atoms with van der Waals surface area (Å²) in [4.78, 5) is 12.3. The number of nitrogens with one attached hydrogen (secondary N) is 3. The Morgan fingerprint density at radius 3 is 2.77 bits per heavy atom. The maximum atomic E-state index is 12.6. The number of H-pyrrole nitrogens is 1. The van der Waals surface area contributed by atoms with E-state index in [1.54, 1.807) is 0 Å². The molecule has 3 N–H and O–H groups in total. The minimum Gasteiger partial charge on any atom is -0.357 e.